The summed E-state index contributed by atoms with van der Waals surface area (Å²) in [5.41, 5.74) is 2.61. The molecule has 3 rings (SSSR count). The molecule has 3 aromatic rings. The zero-order valence-electron chi connectivity index (χ0n) is 17.6. The van der Waals surface area contributed by atoms with Crippen molar-refractivity contribution in [1.82, 2.24) is 25.4 Å². The number of guanidine groups is 1. The van der Waals surface area contributed by atoms with Gasteiger partial charge in [-0.15, -0.1) is 0 Å². The number of hydrogen-bond acceptors (Lipinski definition) is 4. The lowest BCUT2D eigenvalue weighted by molar-refractivity contribution is -0.154. The van der Waals surface area contributed by atoms with Crippen LogP contribution in [0.3, 0.4) is 0 Å². The van der Waals surface area contributed by atoms with Gasteiger partial charge in [-0.1, -0.05) is 18.2 Å². The van der Waals surface area contributed by atoms with Crippen LogP contribution in [0.2, 0.25) is 0 Å². The molecule has 0 fully saturated rings. The molecular weight excluding hydrogens is 421 g/mol. The van der Waals surface area contributed by atoms with Crippen LogP contribution in [0.5, 0.6) is 5.88 Å². The van der Waals surface area contributed by atoms with Crippen LogP contribution in [-0.4, -0.2) is 46.6 Å². The van der Waals surface area contributed by atoms with E-state index < -0.39 is 12.8 Å². The summed E-state index contributed by atoms with van der Waals surface area (Å²) in [5.74, 6) is 0.494. The summed E-state index contributed by atoms with van der Waals surface area (Å²) >= 11 is 0. The molecule has 2 aromatic heterocycles. The number of pyridine rings is 1. The molecule has 10 heteroatoms. The Balaban J connectivity index is 1.55. The Hall–Kier alpha value is -3.56. The molecule has 0 radical (unpaired) electrons. The molecule has 7 nitrogen and oxygen atoms in total. The number of benzene rings is 1. The number of hydrogen-bond donors (Lipinski definition) is 2. The zero-order chi connectivity index (χ0) is 22.8. The third-order valence-corrected chi connectivity index (χ3v) is 4.39. The smallest absolute Gasteiger partial charge is 0.422 e. The average Bonchev–Trinajstić information content (AvgIpc) is 3.31. The molecule has 0 saturated carbocycles. The normalized spacial score (nSPS) is 11.9. The maximum Gasteiger partial charge on any atom is 0.422 e. The zero-order valence-corrected chi connectivity index (χ0v) is 17.6. The summed E-state index contributed by atoms with van der Waals surface area (Å²) in [6.45, 7) is 1.96. The maximum atomic E-state index is 12.5. The molecule has 0 unspecified atom stereocenters. The van der Waals surface area contributed by atoms with Crippen LogP contribution in [0.25, 0.3) is 5.69 Å². The Morgan fingerprint density at radius 1 is 1.09 bits per heavy atom. The number of alkyl halides is 3. The summed E-state index contributed by atoms with van der Waals surface area (Å²) in [7, 11) is 0. The Morgan fingerprint density at radius 2 is 1.91 bits per heavy atom. The number of rotatable bonds is 9. The van der Waals surface area contributed by atoms with E-state index in [-0.39, 0.29) is 12.4 Å². The number of aromatic nitrogens is 3. The summed E-state index contributed by atoms with van der Waals surface area (Å²) in [4.78, 5) is 8.34. The Labute approximate surface area is 184 Å². The SMILES string of the molecule is CCNC(=NCc1cccnc1OCC(F)(F)F)NCCc1ccc(-n2cccn2)cc1. The van der Waals surface area contributed by atoms with E-state index in [1.165, 1.54) is 6.20 Å². The van der Waals surface area contributed by atoms with Gasteiger partial charge in [0.15, 0.2) is 12.6 Å². The minimum Gasteiger partial charge on any atom is -0.468 e. The largest absolute Gasteiger partial charge is 0.468 e. The molecule has 0 bridgehead atoms. The van der Waals surface area contributed by atoms with Crippen LogP contribution in [-0.2, 0) is 13.0 Å². The fourth-order valence-corrected chi connectivity index (χ4v) is 2.89. The minimum absolute atomic E-state index is 0.0679. The van der Waals surface area contributed by atoms with Crippen LogP contribution in [0, 0.1) is 0 Å². The molecule has 1 aromatic carbocycles. The second kappa shape index (κ2) is 11.2. The van der Waals surface area contributed by atoms with Gasteiger partial charge in [-0.05, 0) is 43.2 Å². The number of nitrogens with one attached hydrogen (secondary N) is 2. The summed E-state index contributed by atoms with van der Waals surface area (Å²) in [6.07, 6.45) is 1.36. The van der Waals surface area contributed by atoms with Crippen LogP contribution < -0.4 is 15.4 Å². The molecule has 0 saturated heterocycles. The molecule has 0 aliphatic heterocycles. The van der Waals surface area contributed by atoms with Gasteiger partial charge in [-0.3, -0.25) is 0 Å². The standard InChI is InChI=1S/C22H25F3N6O/c1-2-26-21(29-15-18-5-3-11-27-20(18)32-16-22(23,24)25)28-13-10-17-6-8-19(9-7-17)31-14-4-12-30-31/h3-9,11-12,14H,2,10,13,15-16H2,1H3,(H2,26,28,29). The van der Waals surface area contributed by atoms with Crippen LogP contribution >= 0.6 is 0 Å². The van der Waals surface area contributed by atoms with E-state index in [4.69, 9.17) is 4.74 Å². The van der Waals surface area contributed by atoms with E-state index >= 15 is 0 Å². The summed E-state index contributed by atoms with van der Waals surface area (Å²) in [5, 5.41) is 10.6. The maximum absolute atomic E-state index is 12.5. The van der Waals surface area contributed by atoms with Crippen molar-refractivity contribution in [3.63, 3.8) is 0 Å². The summed E-state index contributed by atoms with van der Waals surface area (Å²) < 4.78 is 44.0. The summed E-state index contributed by atoms with van der Waals surface area (Å²) in [6, 6.07) is 13.3. The second-order valence-electron chi connectivity index (χ2n) is 6.86. The molecule has 0 aliphatic carbocycles. The van der Waals surface area contributed by atoms with E-state index in [1.807, 2.05) is 43.5 Å². The minimum atomic E-state index is -4.43. The van der Waals surface area contributed by atoms with Gasteiger partial charge in [0, 0.05) is 37.2 Å². The molecule has 0 amide bonds. The molecule has 32 heavy (non-hydrogen) atoms. The van der Waals surface area contributed by atoms with E-state index in [2.05, 4.69) is 25.7 Å². The third kappa shape index (κ3) is 7.29. The van der Waals surface area contributed by atoms with Crippen molar-refractivity contribution in [3.8, 4) is 11.6 Å². The van der Waals surface area contributed by atoms with E-state index in [0.717, 1.165) is 17.7 Å². The highest BCUT2D eigenvalue weighted by atomic mass is 19.4. The number of ether oxygens (including phenoxy) is 1. The van der Waals surface area contributed by atoms with Crippen molar-refractivity contribution in [2.75, 3.05) is 19.7 Å². The molecular formula is C22H25F3N6O. The number of aliphatic imine (C=N–C) groups is 1. The predicted octanol–water partition coefficient (Wildman–Crippen LogP) is 3.51. The van der Waals surface area contributed by atoms with E-state index in [9.17, 15) is 13.2 Å². The average molecular weight is 446 g/mol. The fourth-order valence-electron chi connectivity index (χ4n) is 2.89. The first kappa shape index (κ1) is 23.1. The third-order valence-electron chi connectivity index (χ3n) is 4.39. The van der Waals surface area contributed by atoms with Crippen molar-refractivity contribution >= 4 is 5.96 Å². The Kier molecular flexibility index (Phi) is 8.07. The van der Waals surface area contributed by atoms with Crippen molar-refractivity contribution in [3.05, 3.63) is 72.2 Å². The lowest BCUT2D eigenvalue weighted by Gasteiger charge is -2.13. The van der Waals surface area contributed by atoms with Gasteiger partial charge in [0.2, 0.25) is 5.88 Å². The van der Waals surface area contributed by atoms with Crippen molar-refractivity contribution in [1.29, 1.82) is 0 Å². The van der Waals surface area contributed by atoms with Crippen molar-refractivity contribution in [2.45, 2.75) is 26.1 Å². The first-order valence-electron chi connectivity index (χ1n) is 10.2. The van der Waals surface area contributed by atoms with E-state index in [0.29, 0.717) is 24.6 Å². The Morgan fingerprint density at radius 3 is 2.59 bits per heavy atom. The van der Waals surface area contributed by atoms with E-state index in [1.54, 1.807) is 23.0 Å². The number of halogens is 3. The molecule has 0 spiro atoms. The highest BCUT2D eigenvalue weighted by Gasteiger charge is 2.29. The molecule has 0 atom stereocenters. The predicted molar refractivity (Wildman–Crippen MR) is 116 cm³/mol. The molecule has 0 aliphatic rings. The topological polar surface area (TPSA) is 76.4 Å². The van der Waals surface area contributed by atoms with Gasteiger partial charge in [0.25, 0.3) is 0 Å². The lowest BCUT2D eigenvalue weighted by atomic mass is 10.1. The van der Waals surface area contributed by atoms with Gasteiger partial charge in [-0.25, -0.2) is 14.7 Å². The highest BCUT2D eigenvalue weighted by molar-refractivity contribution is 5.79. The first-order chi connectivity index (χ1) is 15.4. The fraction of sp³-hybridized carbons (Fsp3) is 0.318. The molecule has 2 N–H and O–H groups in total. The van der Waals surface area contributed by atoms with Gasteiger partial charge in [0.1, 0.15) is 0 Å². The van der Waals surface area contributed by atoms with Gasteiger partial charge < -0.3 is 15.4 Å². The lowest BCUT2D eigenvalue weighted by Crippen LogP contribution is -2.38. The van der Waals surface area contributed by atoms with Gasteiger partial charge in [0.05, 0.1) is 12.2 Å². The van der Waals surface area contributed by atoms with Gasteiger partial charge in [-0.2, -0.15) is 18.3 Å². The first-order valence-corrected chi connectivity index (χ1v) is 10.2. The van der Waals surface area contributed by atoms with Crippen LogP contribution in [0.4, 0.5) is 13.2 Å². The van der Waals surface area contributed by atoms with Crippen LogP contribution in [0.1, 0.15) is 18.1 Å². The number of nitrogens with zero attached hydrogens (tertiary/aromatic N) is 4. The highest BCUT2D eigenvalue weighted by Crippen LogP contribution is 2.20. The second-order valence-corrected chi connectivity index (χ2v) is 6.86. The monoisotopic (exact) mass is 446 g/mol. The molecule has 2 heterocycles. The Bertz CT molecular complexity index is 988. The van der Waals surface area contributed by atoms with Crippen molar-refractivity contribution < 1.29 is 17.9 Å². The van der Waals surface area contributed by atoms with Crippen LogP contribution in [0.15, 0.2) is 66.0 Å². The van der Waals surface area contributed by atoms with Gasteiger partial charge >= 0.3 is 6.18 Å². The molecule has 170 valence electrons. The quantitative estimate of drug-likeness (QED) is 0.389. The van der Waals surface area contributed by atoms with Crippen molar-refractivity contribution in [2.24, 2.45) is 4.99 Å².